The summed E-state index contributed by atoms with van der Waals surface area (Å²) in [6.45, 7) is 0.847. The number of hydrogen-bond donors (Lipinski definition) is 1. The number of likely N-dealkylation sites (tertiary alicyclic amines) is 1. The normalized spacial score (nSPS) is 17.3. The molecule has 0 aliphatic carbocycles. The van der Waals surface area contributed by atoms with E-state index >= 15 is 0 Å². The van der Waals surface area contributed by atoms with Crippen LogP contribution in [0.15, 0.2) is 30.3 Å². The molecule has 0 saturated carbocycles. The molecule has 1 aromatic carbocycles. The number of hydrogen-bond acceptors (Lipinski definition) is 4. The fourth-order valence-electron chi connectivity index (χ4n) is 2.67. The zero-order valence-corrected chi connectivity index (χ0v) is 12.6. The third-order valence-corrected chi connectivity index (χ3v) is 3.96. The number of H-pyrrole nitrogens is 1. The van der Waals surface area contributed by atoms with Crippen LogP contribution in [0.5, 0.6) is 0 Å². The minimum atomic E-state index is -0.327. The van der Waals surface area contributed by atoms with Crippen LogP contribution in [0, 0.1) is 11.7 Å². The van der Waals surface area contributed by atoms with Crippen molar-refractivity contribution >= 4 is 11.9 Å². The standard InChI is InChI=1S/C16H16FN3O3/c1-23-16(22)11-6-7-20(9-11)15(21)14-8-13(18-19-14)10-2-4-12(17)5-3-10/h2-5,8,11H,6-7,9H2,1H3,(H,18,19). The number of aromatic amines is 1. The van der Waals surface area contributed by atoms with Crippen LogP contribution in [-0.2, 0) is 9.53 Å². The highest BCUT2D eigenvalue weighted by atomic mass is 19.1. The smallest absolute Gasteiger partial charge is 0.310 e. The van der Waals surface area contributed by atoms with E-state index in [2.05, 4.69) is 10.2 Å². The van der Waals surface area contributed by atoms with Gasteiger partial charge in [0.05, 0.1) is 18.7 Å². The fourth-order valence-corrected chi connectivity index (χ4v) is 2.67. The zero-order chi connectivity index (χ0) is 16.4. The molecule has 1 N–H and O–H groups in total. The van der Waals surface area contributed by atoms with E-state index in [0.29, 0.717) is 30.9 Å². The van der Waals surface area contributed by atoms with Crippen LogP contribution in [0.2, 0.25) is 0 Å². The Balaban J connectivity index is 1.72. The SMILES string of the molecule is COC(=O)C1CCN(C(=O)c2cc(-c3ccc(F)cc3)n[nH]2)C1. The summed E-state index contributed by atoms with van der Waals surface area (Å²) in [5, 5.41) is 6.79. The van der Waals surface area contributed by atoms with Gasteiger partial charge in [-0.25, -0.2) is 4.39 Å². The molecule has 0 spiro atoms. The van der Waals surface area contributed by atoms with E-state index in [1.807, 2.05) is 0 Å². The van der Waals surface area contributed by atoms with Crippen molar-refractivity contribution in [3.8, 4) is 11.3 Å². The summed E-state index contributed by atoms with van der Waals surface area (Å²) in [6, 6.07) is 7.51. The third kappa shape index (κ3) is 3.08. The summed E-state index contributed by atoms with van der Waals surface area (Å²) in [7, 11) is 1.34. The molecule has 7 heteroatoms. The van der Waals surface area contributed by atoms with Crippen molar-refractivity contribution in [3.05, 3.63) is 41.8 Å². The number of benzene rings is 1. The van der Waals surface area contributed by atoms with Crippen molar-refractivity contribution in [2.75, 3.05) is 20.2 Å². The van der Waals surface area contributed by atoms with Crippen molar-refractivity contribution in [2.24, 2.45) is 5.92 Å². The molecule has 23 heavy (non-hydrogen) atoms. The van der Waals surface area contributed by atoms with E-state index in [1.165, 1.54) is 19.2 Å². The number of aromatic nitrogens is 2. The maximum atomic E-state index is 12.9. The molecule has 6 nitrogen and oxygen atoms in total. The summed E-state index contributed by atoms with van der Waals surface area (Å²) < 4.78 is 17.7. The first-order valence-electron chi connectivity index (χ1n) is 7.27. The van der Waals surface area contributed by atoms with Crippen molar-refractivity contribution in [2.45, 2.75) is 6.42 Å². The second-order valence-corrected chi connectivity index (χ2v) is 5.43. The van der Waals surface area contributed by atoms with Gasteiger partial charge in [0, 0.05) is 18.7 Å². The highest BCUT2D eigenvalue weighted by Crippen LogP contribution is 2.22. The Morgan fingerprint density at radius 2 is 2.09 bits per heavy atom. The van der Waals surface area contributed by atoms with Gasteiger partial charge in [0.2, 0.25) is 0 Å². The van der Waals surface area contributed by atoms with Gasteiger partial charge in [0.1, 0.15) is 11.5 Å². The first kappa shape index (κ1) is 15.2. The van der Waals surface area contributed by atoms with Gasteiger partial charge < -0.3 is 9.64 Å². The molecule has 1 unspecified atom stereocenters. The number of nitrogens with zero attached hydrogens (tertiary/aromatic N) is 2. The zero-order valence-electron chi connectivity index (χ0n) is 12.6. The van der Waals surface area contributed by atoms with Crippen LogP contribution in [0.1, 0.15) is 16.9 Å². The van der Waals surface area contributed by atoms with Crippen LogP contribution >= 0.6 is 0 Å². The number of carbonyl (C=O) groups excluding carboxylic acids is 2. The molecule has 1 aromatic heterocycles. The summed E-state index contributed by atoms with van der Waals surface area (Å²) in [6.07, 6.45) is 0.595. The molecule has 2 aromatic rings. The van der Waals surface area contributed by atoms with Gasteiger partial charge in [-0.3, -0.25) is 14.7 Å². The number of carbonyl (C=O) groups is 2. The second kappa shape index (κ2) is 6.20. The summed E-state index contributed by atoms with van der Waals surface area (Å²) in [5.74, 6) is -1.11. The lowest BCUT2D eigenvalue weighted by Crippen LogP contribution is -2.30. The quantitative estimate of drug-likeness (QED) is 0.877. The lowest BCUT2D eigenvalue weighted by Gasteiger charge is -2.14. The number of nitrogens with one attached hydrogen (secondary N) is 1. The highest BCUT2D eigenvalue weighted by Gasteiger charge is 2.32. The van der Waals surface area contributed by atoms with E-state index < -0.39 is 0 Å². The van der Waals surface area contributed by atoms with E-state index in [1.54, 1.807) is 23.1 Å². The van der Waals surface area contributed by atoms with Crippen LogP contribution in [0.25, 0.3) is 11.3 Å². The Hall–Kier alpha value is -2.70. The maximum Gasteiger partial charge on any atom is 0.310 e. The monoisotopic (exact) mass is 317 g/mol. The number of halogens is 1. The van der Waals surface area contributed by atoms with Gasteiger partial charge in [-0.2, -0.15) is 5.10 Å². The molecule has 120 valence electrons. The van der Waals surface area contributed by atoms with E-state index in [-0.39, 0.29) is 23.6 Å². The van der Waals surface area contributed by atoms with Crippen molar-refractivity contribution < 1.29 is 18.7 Å². The largest absolute Gasteiger partial charge is 0.469 e. The minimum Gasteiger partial charge on any atom is -0.469 e. The summed E-state index contributed by atoms with van der Waals surface area (Å²) in [5.41, 5.74) is 1.63. The molecule has 3 rings (SSSR count). The minimum absolute atomic E-state index is 0.211. The lowest BCUT2D eigenvalue weighted by atomic mass is 10.1. The van der Waals surface area contributed by atoms with Gasteiger partial charge in [0.15, 0.2) is 0 Å². The van der Waals surface area contributed by atoms with E-state index in [4.69, 9.17) is 4.74 Å². The number of rotatable bonds is 3. The van der Waals surface area contributed by atoms with Crippen molar-refractivity contribution in [3.63, 3.8) is 0 Å². The van der Waals surface area contributed by atoms with Gasteiger partial charge in [0.25, 0.3) is 5.91 Å². The third-order valence-electron chi connectivity index (χ3n) is 3.96. The number of esters is 1. The number of amides is 1. The predicted molar refractivity (Wildman–Crippen MR) is 80.0 cm³/mol. The van der Waals surface area contributed by atoms with Crippen LogP contribution < -0.4 is 0 Å². The van der Waals surface area contributed by atoms with Gasteiger partial charge in [-0.15, -0.1) is 0 Å². The second-order valence-electron chi connectivity index (χ2n) is 5.43. The average molecular weight is 317 g/mol. The molecule has 1 amide bonds. The Labute approximate surface area is 132 Å². The molecule has 1 atom stereocenters. The topological polar surface area (TPSA) is 75.3 Å². The van der Waals surface area contributed by atoms with Gasteiger partial charge in [-0.05, 0) is 36.8 Å². The highest BCUT2D eigenvalue weighted by molar-refractivity contribution is 5.94. The van der Waals surface area contributed by atoms with Gasteiger partial charge >= 0.3 is 5.97 Å². The Bertz CT molecular complexity index is 726. The van der Waals surface area contributed by atoms with Crippen molar-refractivity contribution in [1.82, 2.24) is 15.1 Å². The molecule has 2 heterocycles. The Morgan fingerprint density at radius 3 is 2.78 bits per heavy atom. The van der Waals surface area contributed by atoms with E-state index in [0.717, 1.165) is 5.56 Å². The molecule has 1 aliphatic rings. The number of ether oxygens (including phenoxy) is 1. The van der Waals surface area contributed by atoms with Crippen molar-refractivity contribution in [1.29, 1.82) is 0 Å². The lowest BCUT2D eigenvalue weighted by molar-refractivity contribution is -0.144. The fraction of sp³-hybridized carbons (Fsp3) is 0.312. The first-order valence-corrected chi connectivity index (χ1v) is 7.27. The van der Waals surface area contributed by atoms with E-state index in [9.17, 15) is 14.0 Å². The Morgan fingerprint density at radius 1 is 1.35 bits per heavy atom. The summed E-state index contributed by atoms with van der Waals surface area (Å²) in [4.78, 5) is 25.6. The molecule has 0 radical (unpaired) electrons. The molecule has 1 aliphatic heterocycles. The Kier molecular flexibility index (Phi) is 4.10. The average Bonchev–Trinajstić information content (AvgIpc) is 3.24. The predicted octanol–water partition coefficient (Wildman–Crippen LogP) is 1.85. The molecule has 1 saturated heterocycles. The molecule has 0 bridgehead atoms. The number of methoxy groups -OCH3 is 1. The maximum absolute atomic E-state index is 12.9. The molecule has 1 fully saturated rings. The van der Waals surface area contributed by atoms with Crippen LogP contribution in [0.4, 0.5) is 4.39 Å². The van der Waals surface area contributed by atoms with Crippen LogP contribution in [-0.4, -0.2) is 47.2 Å². The molecular formula is C16H16FN3O3. The summed E-state index contributed by atoms with van der Waals surface area (Å²) >= 11 is 0. The van der Waals surface area contributed by atoms with Crippen LogP contribution in [0.3, 0.4) is 0 Å². The van der Waals surface area contributed by atoms with Gasteiger partial charge in [-0.1, -0.05) is 0 Å². The first-order chi connectivity index (χ1) is 11.1. The molecular weight excluding hydrogens is 301 g/mol.